The third-order valence-electron chi connectivity index (χ3n) is 6.30. The summed E-state index contributed by atoms with van der Waals surface area (Å²) in [4.78, 5) is 52.7. The number of alkyl halides is 6. The fourth-order valence-corrected chi connectivity index (χ4v) is 3.89. The molecule has 8 N–H and O–H groups in total. The summed E-state index contributed by atoms with van der Waals surface area (Å²) in [6.45, 7) is 2.41. The number of hydrogen-bond donors (Lipinski definition) is 7. The van der Waals surface area contributed by atoms with Gasteiger partial charge in [-0.15, -0.1) is 0 Å². The monoisotopic (exact) mass is 694 g/mol. The summed E-state index contributed by atoms with van der Waals surface area (Å²) in [7, 11) is 0. The van der Waals surface area contributed by atoms with E-state index in [4.69, 9.17) is 40.8 Å². The van der Waals surface area contributed by atoms with Crippen LogP contribution in [0.3, 0.4) is 0 Å². The summed E-state index contributed by atoms with van der Waals surface area (Å²) in [5.74, 6) is -7.50. The Balaban J connectivity index is 0.000000687. The molecule has 0 unspecified atom stereocenters. The lowest BCUT2D eigenvalue weighted by Crippen LogP contribution is -2.29. The number of carbonyl (C=O) groups is 5. The number of Topliss-reactive ketones (excluding diaryl/α,β-unsaturated/α-hetero) is 1. The highest BCUT2D eigenvalue weighted by molar-refractivity contribution is 6.33. The van der Waals surface area contributed by atoms with E-state index in [1.54, 1.807) is 0 Å². The van der Waals surface area contributed by atoms with Crippen molar-refractivity contribution in [2.24, 2.45) is 11.7 Å². The summed E-state index contributed by atoms with van der Waals surface area (Å²) in [5, 5.41) is 36.8. The SMILES string of the molecule is N=C(N)c1ccc(CC(=O)C(=O)O)c(OCCNC(=O)c2ccc(CC3CCNCC3)cc2)c1.O=C(O)C(F)(F)F.O=C(O)C(F)(F)F. The van der Waals surface area contributed by atoms with Crippen LogP contribution >= 0.6 is 0 Å². The molecular weight excluding hydrogens is 662 g/mol. The van der Waals surface area contributed by atoms with Crippen molar-refractivity contribution < 1.29 is 70.4 Å². The number of carboxylic acid groups (broad SMARTS) is 3. The molecule has 0 spiro atoms. The first kappa shape index (κ1) is 40.8. The molecule has 1 heterocycles. The number of carbonyl (C=O) groups excluding carboxylic acids is 2. The number of nitrogens with two attached hydrogens (primary N) is 1. The van der Waals surface area contributed by atoms with Gasteiger partial charge in [0.1, 0.15) is 18.2 Å². The lowest BCUT2D eigenvalue weighted by Gasteiger charge is -2.22. The molecule has 0 atom stereocenters. The van der Waals surface area contributed by atoms with E-state index in [0.717, 1.165) is 19.5 Å². The average Bonchev–Trinajstić information content (AvgIpc) is 3.00. The summed E-state index contributed by atoms with van der Waals surface area (Å²) < 4.78 is 69.2. The van der Waals surface area contributed by atoms with Gasteiger partial charge in [0, 0.05) is 23.1 Å². The Morgan fingerprint density at radius 3 is 1.83 bits per heavy atom. The number of amidine groups is 1. The van der Waals surface area contributed by atoms with Gasteiger partial charge in [0.15, 0.2) is 0 Å². The third kappa shape index (κ3) is 15.4. The molecule has 2 aromatic rings. The van der Waals surface area contributed by atoms with Crippen molar-refractivity contribution in [3.63, 3.8) is 0 Å². The van der Waals surface area contributed by atoms with Gasteiger partial charge in [-0.3, -0.25) is 15.0 Å². The number of nitrogens with one attached hydrogen (secondary N) is 3. The van der Waals surface area contributed by atoms with E-state index in [9.17, 15) is 40.7 Å². The maximum Gasteiger partial charge on any atom is 0.490 e. The van der Waals surface area contributed by atoms with Crippen molar-refractivity contribution in [3.05, 3.63) is 64.7 Å². The van der Waals surface area contributed by atoms with Gasteiger partial charge in [0.2, 0.25) is 5.78 Å². The Hall–Kier alpha value is -5.20. The van der Waals surface area contributed by atoms with Gasteiger partial charge in [-0.1, -0.05) is 24.3 Å². The van der Waals surface area contributed by atoms with E-state index in [0.29, 0.717) is 22.6 Å². The first-order valence-electron chi connectivity index (χ1n) is 13.8. The minimum Gasteiger partial charge on any atom is -0.491 e. The number of piperidine rings is 1. The Bertz CT molecular complexity index is 1420. The molecular formula is C29H32F6N4O9. The number of amides is 1. The number of rotatable bonds is 11. The highest BCUT2D eigenvalue weighted by Gasteiger charge is 2.38. The fourth-order valence-electron chi connectivity index (χ4n) is 3.89. The second-order valence-corrected chi connectivity index (χ2v) is 9.95. The van der Waals surface area contributed by atoms with Crippen LogP contribution in [0.4, 0.5) is 26.3 Å². The number of ketones is 1. The Morgan fingerprint density at radius 2 is 1.38 bits per heavy atom. The van der Waals surface area contributed by atoms with Gasteiger partial charge in [0.25, 0.3) is 5.91 Å². The van der Waals surface area contributed by atoms with Gasteiger partial charge in [0.05, 0.1) is 6.54 Å². The van der Waals surface area contributed by atoms with Crippen LogP contribution in [0.5, 0.6) is 5.75 Å². The van der Waals surface area contributed by atoms with E-state index in [1.807, 2.05) is 24.3 Å². The number of hydrogen-bond acceptors (Lipinski definition) is 8. The second-order valence-electron chi connectivity index (χ2n) is 9.95. The average molecular weight is 695 g/mol. The van der Waals surface area contributed by atoms with E-state index < -0.39 is 36.0 Å². The van der Waals surface area contributed by atoms with Crippen LogP contribution < -0.4 is 21.1 Å². The van der Waals surface area contributed by atoms with E-state index >= 15 is 0 Å². The largest absolute Gasteiger partial charge is 0.491 e. The van der Waals surface area contributed by atoms with E-state index in [2.05, 4.69) is 10.6 Å². The molecule has 19 heteroatoms. The minimum absolute atomic E-state index is 0.0924. The molecule has 3 rings (SSSR count). The van der Waals surface area contributed by atoms with Crippen molar-refractivity contribution >= 4 is 35.4 Å². The Kier molecular flexibility index (Phi) is 16.0. The number of carboxylic acids is 3. The molecule has 0 bridgehead atoms. The molecule has 1 saturated heterocycles. The maximum atomic E-state index is 12.5. The van der Waals surface area contributed by atoms with Crippen LogP contribution in [0.25, 0.3) is 0 Å². The molecule has 1 fully saturated rings. The van der Waals surface area contributed by atoms with Crippen LogP contribution in [0.15, 0.2) is 42.5 Å². The zero-order valence-electron chi connectivity index (χ0n) is 24.9. The quantitative estimate of drug-likeness (QED) is 0.0595. The van der Waals surface area contributed by atoms with Gasteiger partial charge in [-0.05, 0) is 62.0 Å². The Morgan fingerprint density at radius 1 is 0.875 bits per heavy atom. The van der Waals surface area contributed by atoms with Crippen molar-refractivity contribution in [2.45, 2.75) is 38.0 Å². The van der Waals surface area contributed by atoms with Crippen LogP contribution in [0.2, 0.25) is 0 Å². The smallest absolute Gasteiger partial charge is 0.490 e. The molecule has 0 aromatic heterocycles. The molecule has 0 saturated carbocycles. The molecule has 2 aromatic carbocycles. The molecule has 0 aliphatic carbocycles. The molecule has 1 aliphatic rings. The molecule has 48 heavy (non-hydrogen) atoms. The minimum atomic E-state index is -5.08. The lowest BCUT2D eigenvalue weighted by molar-refractivity contribution is -0.193. The van der Waals surface area contributed by atoms with Crippen LogP contribution in [-0.4, -0.2) is 89.3 Å². The summed E-state index contributed by atoms with van der Waals surface area (Å²) in [6.07, 6.45) is -7.16. The van der Waals surface area contributed by atoms with Gasteiger partial charge < -0.3 is 36.4 Å². The van der Waals surface area contributed by atoms with Gasteiger partial charge in [-0.2, -0.15) is 26.3 Å². The number of ether oxygens (including phenoxy) is 1. The lowest BCUT2D eigenvalue weighted by atomic mass is 9.91. The standard InChI is InChI=1S/C25H30N4O5.2C2HF3O2/c26-23(27)20-6-5-19(14-21(30)25(32)33)22(15-20)34-12-11-29-24(31)18-3-1-16(2-4-18)13-17-7-9-28-10-8-17;2*3-2(4,5)1(6)7/h1-6,15,17,28H,7-14H2,(H3,26,27)(H,29,31)(H,32,33);2*(H,6,7). The highest BCUT2D eigenvalue weighted by atomic mass is 19.4. The fraction of sp³-hybridized carbons (Fsp3) is 0.379. The van der Waals surface area contributed by atoms with Crippen LogP contribution in [0, 0.1) is 11.3 Å². The molecule has 264 valence electrons. The third-order valence-corrected chi connectivity index (χ3v) is 6.30. The summed E-state index contributed by atoms with van der Waals surface area (Å²) in [6, 6.07) is 12.1. The first-order valence-corrected chi connectivity index (χ1v) is 13.8. The van der Waals surface area contributed by atoms with Crippen LogP contribution in [-0.2, 0) is 32.0 Å². The normalized spacial score (nSPS) is 13.0. The first-order chi connectivity index (χ1) is 22.2. The van der Waals surface area contributed by atoms with E-state index in [1.165, 1.54) is 36.6 Å². The van der Waals surface area contributed by atoms with Gasteiger partial charge in [-0.25, -0.2) is 14.4 Å². The summed E-state index contributed by atoms with van der Waals surface area (Å²) in [5.41, 5.74) is 8.04. The maximum absolute atomic E-state index is 12.5. The van der Waals surface area contributed by atoms with Crippen molar-refractivity contribution in [2.75, 3.05) is 26.2 Å². The van der Waals surface area contributed by atoms with Crippen molar-refractivity contribution in [3.8, 4) is 5.75 Å². The molecule has 1 aliphatic heterocycles. The van der Waals surface area contributed by atoms with Crippen LogP contribution in [0.1, 0.15) is 39.9 Å². The predicted octanol–water partition coefficient (Wildman–Crippen LogP) is 2.78. The topological polar surface area (TPSA) is 229 Å². The summed E-state index contributed by atoms with van der Waals surface area (Å²) >= 11 is 0. The van der Waals surface area contributed by atoms with E-state index in [-0.39, 0.29) is 37.1 Å². The molecule has 13 nitrogen and oxygen atoms in total. The van der Waals surface area contributed by atoms with Crippen molar-refractivity contribution in [1.82, 2.24) is 10.6 Å². The number of benzene rings is 2. The predicted molar refractivity (Wildman–Crippen MR) is 155 cm³/mol. The van der Waals surface area contributed by atoms with Crippen molar-refractivity contribution in [1.29, 1.82) is 5.41 Å². The number of nitrogen functional groups attached to an aromatic ring is 1. The Labute approximate surface area is 268 Å². The molecule has 1 amide bonds. The molecule has 0 radical (unpaired) electrons. The number of aliphatic carboxylic acids is 3. The van der Waals surface area contributed by atoms with Gasteiger partial charge >= 0.3 is 30.3 Å². The highest BCUT2D eigenvalue weighted by Crippen LogP contribution is 2.22. The second kappa shape index (κ2) is 18.8. The number of halogens is 6. The zero-order valence-corrected chi connectivity index (χ0v) is 24.9. The zero-order chi connectivity index (χ0) is 36.7.